The van der Waals surface area contributed by atoms with Crippen molar-refractivity contribution in [1.82, 2.24) is 0 Å². The second kappa shape index (κ2) is 3.32. The summed E-state index contributed by atoms with van der Waals surface area (Å²) >= 11 is 0. The van der Waals surface area contributed by atoms with Crippen LogP contribution >= 0.6 is 0 Å². The Balaban J connectivity index is 3.15. The summed E-state index contributed by atoms with van der Waals surface area (Å²) in [5.74, 6) is -1.35. The number of aliphatic hydroxyl groups excluding tert-OH is 1. The molecular weight excluding hydrogens is 172 g/mol. The smallest absolute Gasteiger partial charge is 0.337 e. The van der Waals surface area contributed by atoms with Crippen molar-refractivity contribution >= 4 is 17.3 Å². The highest BCUT2D eigenvalue weighted by atomic mass is 16.4. The van der Waals surface area contributed by atoms with Gasteiger partial charge in [-0.05, 0) is 6.07 Å². The van der Waals surface area contributed by atoms with Crippen LogP contribution in [-0.4, -0.2) is 16.2 Å². The minimum atomic E-state index is -1.62. The van der Waals surface area contributed by atoms with E-state index in [2.05, 4.69) is 0 Å². The first-order valence-electron chi connectivity index (χ1n) is 3.58. The lowest BCUT2D eigenvalue weighted by atomic mass is 10.1. The lowest BCUT2D eigenvalue weighted by Crippen LogP contribution is -2.13. The van der Waals surface area contributed by atoms with Gasteiger partial charge in [0.25, 0.3) is 0 Å². The van der Waals surface area contributed by atoms with Gasteiger partial charge in [0.2, 0.25) is 0 Å². The zero-order chi connectivity index (χ0) is 10.0. The summed E-state index contributed by atoms with van der Waals surface area (Å²) in [4.78, 5) is 10.4. The van der Waals surface area contributed by atoms with Gasteiger partial charge in [-0.1, -0.05) is 12.1 Å². The molecule has 1 unspecified atom stereocenters. The fraction of sp³-hybridized carbons (Fsp3) is 0.125. The van der Waals surface area contributed by atoms with Crippen LogP contribution in [0, 0.1) is 0 Å². The Morgan fingerprint density at radius 1 is 1.38 bits per heavy atom. The van der Waals surface area contributed by atoms with Gasteiger partial charge in [0.1, 0.15) is 0 Å². The molecule has 5 nitrogen and oxygen atoms in total. The maximum absolute atomic E-state index is 10.4. The first-order chi connectivity index (χ1) is 6.04. The van der Waals surface area contributed by atoms with E-state index in [4.69, 9.17) is 21.7 Å². The number of para-hydroxylation sites is 1. The quantitative estimate of drug-likeness (QED) is 0.480. The first-order valence-corrected chi connectivity index (χ1v) is 3.58. The Labute approximate surface area is 74.6 Å². The molecule has 13 heavy (non-hydrogen) atoms. The molecule has 0 heterocycles. The number of benzene rings is 1. The van der Waals surface area contributed by atoms with Gasteiger partial charge in [-0.2, -0.15) is 0 Å². The minimum absolute atomic E-state index is 0.109. The van der Waals surface area contributed by atoms with E-state index in [1.807, 2.05) is 0 Å². The predicted octanol–water partition coefficient (Wildman–Crippen LogP) is -0.0310. The fourth-order valence-electron chi connectivity index (χ4n) is 0.973. The molecule has 1 aromatic carbocycles. The molecule has 0 aliphatic carbocycles. The molecule has 0 spiro atoms. The third kappa shape index (κ3) is 1.70. The second-order valence-corrected chi connectivity index (χ2v) is 2.59. The van der Waals surface area contributed by atoms with Gasteiger partial charge in [-0.3, -0.25) is 0 Å². The lowest BCUT2D eigenvalue weighted by Gasteiger charge is -2.10. The Kier molecular flexibility index (Phi) is 2.39. The third-order valence-corrected chi connectivity index (χ3v) is 1.70. The summed E-state index contributed by atoms with van der Waals surface area (Å²) in [6.07, 6.45) is -1.62. The van der Waals surface area contributed by atoms with Crippen molar-refractivity contribution in [2.75, 3.05) is 11.5 Å². The number of nitrogens with two attached hydrogens (primary N) is 2. The number of aliphatic hydroxyl groups is 1. The highest BCUT2D eigenvalue weighted by Gasteiger charge is 2.18. The van der Waals surface area contributed by atoms with Gasteiger partial charge >= 0.3 is 5.97 Å². The van der Waals surface area contributed by atoms with Crippen LogP contribution < -0.4 is 11.5 Å². The molecule has 1 aromatic rings. The molecule has 0 aliphatic rings. The molecule has 0 bridgehead atoms. The Bertz CT molecular complexity index is 338. The molecule has 0 aliphatic heterocycles. The van der Waals surface area contributed by atoms with Crippen LogP contribution in [0.15, 0.2) is 18.2 Å². The molecule has 6 N–H and O–H groups in total. The molecule has 0 saturated carbocycles. The van der Waals surface area contributed by atoms with Crippen LogP contribution in [0.25, 0.3) is 0 Å². The van der Waals surface area contributed by atoms with Crippen LogP contribution in [0.3, 0.4) is 0 Å². The van der Waals surface area contributed by atoms with E-state index in [9.17, 15) is 4.79 Å². The number of nitrogen functional groups attached to an aromatic ring is 2. The highest BCUT2D eigenvalue weighted by molar-refractivity contribution is 5.79. The summed E-state index contributed by atoms with van der Waals surface area (Å²) in [6.45, 7) is 0. The van der Waals surface area contributed by atoms with Gasteiger partial charge in [-0.15, -0.1) is 0 Å². The number of rotatable bonds is 2. The van der Waals surface area contributed by atoms with Gasteiger partial charge < -0.3 is 21.7 Å². The fourth-order valence-corrected chi connectivity index (χ4v) is 0.973. The Hall–Kier alpha value is -1.75. The first kappa shape index (κ1) is 9.34. The summed E-state index contributed by atoms with van der Waals surface area (Å²) in [7, 11) is 0. The molecule has 5 heteroatoms. The largest absolute Gasteiger partial charge is 0.479 e. The zero-order valence-electron chi connectivity index (χ0n) is 6.77. The van der Waals surface area contributed by atoms with Crippen LogP contribution in [-0.2, 0) is 4.79 Å². The van der Waals surface area contributed by atoms with Gasteiger partial charge in [-0.25, -0.2) is 4.79 Å². The van der Waals surface area contributed by atoms with Gasteiger partial charge in [0.15, 0.2) is 6.10 Å². The highest BCUT2D eigenvalue weighted by Crippen LogP contribution is 2.25. The molecule has 0 amide bonds. The van der Waals surface area contributed by atoms with Crippen LogP contribution in [0.5, 0.6) is 0 Å². The Morgan fingerprint density at radius 2 is 2.00 bits per heavy atom. The minimum Gasteiger partial charge on any atom is -0.479 e. The van der Waals surface area contributed by atoms with Crippen LogP contribution in [0.1, 0.15) is 11.7 Å². The third-order valence-electron chi connectivity index (χ3n) is 1.70. The molecule has 1 rings (SSSR count). The topological polar surface area (TPSA) is 110 Å². The zero-order valence-corrected chi connectivity index (χ0v) is 6.77. The van der Waals surface area contributed by atoms with E-state index in [1.54, 1.807) is 0 Å². The van der Waals surface area contributed by atoms with Crippen molar-refractivity contribution in [3.05, 3.63) is 23.8 Å². The monoisotopic (exact) mass is 182 g/mol. The molecule has 0 saturated heterocycles. The van der Waals surface area contributed by atoms with E-state index in [-0.39, 0.29) is 16.9 Å². The molecule has 0 fully saturated rings. The summed E-state index contributed by atoms with van der Waals surface area (Å²) in [6, 6.07) is 4.49. The van der Waals surface area contributed by atoms with E-state index in [0.717, 1.165) is 0 Å². The van der Waals surface area contributed by atoms with Crippen LogP contribution in [0.4, 0.5) is 11.4 Å². The van der Waals surface area contributed by atoms with E-state index in [0.29, 0.717) is 0 Å². The second-order valence-electron chi connectivity index (χ2n) is 2.59. The molecule has 1 atom stereocenters. The van der Waals surface area contributed by atoms with E-state index < -0.39 is 12.1 Å². The molecule has 0 aromatic heterocycles. The van der Waals surface area contributed by atoms with Crippen LogP contribution in [0.2, 0.25) is 0 Å². The number of carboxylic acids is 1. The molecule has 0 radical (unpaired) electrons. The van der Waals surface area contributed by atoms with Crippen molar-refractivity contribution in [2.24, 2.45) is 0 Å². The van der Waals surface area contributed by atoms with Crippen molar-refractivity contribution in [2.45, 2.75) is 6.10 Å². The number of carbonyl (C=O) groups is 1. The number of hydrogen-bond acceptors (Lipinski definition) is 4. The van der Waals surface area contributed by atoms with Crippen molar-refractivity contribution < 1.29 is 15.0 Å². The normalized spacial score (nSPS) is 12.4. The number of anilines is 2. The maximum atomic E-state index is 10.4. The molecule has 70 valence electrons. The van der Waals surface area contributed by atoms with Gasteiger partial charge in [0.05, 0.1) is 11.4 Å². The van der Waals surface area contributed by atoms with E-state index >= 15 is 0 Å². The summed E-state index contributed by atoms with van der Waals surface area (Å²) in [5.41, 5.74) is 11.4. The average molecular weight is 182 g/mol. The maximum Gasteiger partial charge on any atom is 0.337 e. The SMILES string of the molecule is Nc1cccc(C(O)C(=O)O)c1N. The molecular formula is C8H10N2O3. The standard InChI is InChI=1S/C8H10N2O3/c9-5-3-1-2-4(6(5)10)7(11)8(12)13/h1-3,7,11H,9-10H2,(H,12,13). The predicted molar refractivity (Wildman–Crippen MR) is 47.9 cm³/mol. The van der Waals surface area contributed by atoms with Crippen molar-refractivity contribution in [3.8, 4) is 0 Å². The van der Waals surface area contributed by atoms with Crippen molar-refractivity contribution in [1.29, 1.82) is 0 Å². The summed E-state index contributed by atoms with van der Waals surface area (Å²) in [5, 5.41) is 17.7. The average Bonchev–Trinajstić information content (AvgIpc) is 2.08. The summed E-state index contributed by atoms with van der Waals surface area (Å²) < 4.78 is 0. The van der Waals surface area contributed by atoms with Gasteiger partial charge in [0, 0.05) is 5.56 Å². The van der Waals surface area contributed by atoms with Crippen molar-refractivity contribution in [3.63, 3.8) is 0 Å². The lowest BCUT2D eigenvalue weighted by molar-refractivity contribution is -0.146. The number of hydrogen-bond donors (Lipinski definition) is 4. The van der Waals surface area contributed by atoms with E-state index in [1.165, 1.54) is 18.2 Å². The number of carboxylic acid groups (broad SMARTS) is 1. The number of aliphatic carboxylic acids is 1. The Morgan fingerprint density at radius 3 is 2.54 bits per heavy atom.